The zero-order valence-corrected chi connectivity index (χ0v) is 15.2. The van der Waals surface area contributed by atoms with Gasteiger partial charge in [0.15, 0.2) is 0 Å². The van der Waals surface area contributed by atoms with Gasteiger partial charge in [-0.2, -0.15) is 0 Å². The molecule has 0 saturated carbocycles. The molecule has 0 aliphatic carbocycles. The van der Waals surface area contributed by atoms with E-state index >= 15 is 0 Å². The average molecular weight is 364 g/mol. The van der Waals surface area contributed by atoms with Crippen molar-refractivity contribution in [3.63, 3.8) is 0 Å². The van der Waals surface area contributed by atoms with Crippen molar-refractivity contribution in [1.29, 1.82) is 0 Å². The fourth-order valence-corrected chi connectivity index (χ4v) is 3.51. The minimum Gasteiger partial charge on any atom is -0.369 e. The Labute approximate surface area is 157 Å². The lowest BCUT2D eigenvalue weighted by Gasteiger charge is -2.31. The molecule has 1 aliphatic rings. The molecule has 2 aromatic carbocycles. The first-order chi connectivity index (χ1) is 13.1. The molecule has 0 saturated heterocycles. The van der Waals surface area contributed by atoms with Gasteiger partial charge in [0.1, 0.15) is 5.82 Å². The van der Waals surface area contributed by atoms with E-state index in [1.807, 2.05) is 13.1 Å². The van der Waals surface area contributed by atoms with Crippen LogP contribution in [0.5, 0.6) is 0 Å². The van der Waals surface area contributed by atoms with Crippen LogP contribution < -0.4 is 9.80 Å². The van der Waals surface area contributed by atoms with E-state index in [2.05, 4.69) is 27.0 Å². The molecule has 6 heteroatoms. The van der Waals surface area contributed by atoms with Crippen molar-refractivity contribution in [3.8, 4) is 0 Å². The number of amides is 1. The Hall–Kier alpha value is -3.15. The number of anilines is 2. The SMILES string of the molecule is CN(Cc1cnc[nH]1)c1ccc2c(c1)N(C(=O)c1ccccc1F)CCC2. The van der Waals surface area contributed by atoms with Crippen molar-refractivity contribution < 1.29 is 9.18 Å². The van der Waals surface area contributed by atoms with Gasteiger partial charge < -0.3 is 14.8 Å². The van der Waals surface area contributed by atoms with Crippen LogP contribution >= 0.6 is 0 Å². The maximum Gasteiger partial charge on any atom is 0.261 e. The average Bonchev–Trinajstić information content (AvgIpc) is 3.20. The minimum absolute atomic E-state index is 0.113. The highest BCUT2D eigenvalue weighted by Crippen LogP contribution is 2.32. The van der Waals surface area contributed by atoms with Crippen LogP contribution in [0.3, 0.4) is 0 Å². The Kier molecular flexibility index (Phi) is 4.62. The van der Waals surface area contributed by atoms with Crippen LogP contribution in [0.2, 0.25) is 0 Å². The molecule has 1 amide bonds. The van der Waals surface area contributed by atoms with Crippen molar-refractivity contribution in [1.82, 2.24) is 9.97 Å². The predicted molar refractivity (Wildman–Crippen MR) is 104 cm³/mol. The van der Waals surface area contributed by atoms with Gasteiger partial charge in [-0.25, -0.2) is 9.37 Å². The molecular weight excluding hydrogens is 343 g/mol. The summed E-state index contributed by atoms with van der Waals surface area (Å²) >= 11 is 0. The number of aryl methyl sites for hydroxylation is 1. The molecule has 138 valence electrons. The second kappa shape index (κ2) is 7.23. The van der Waals surface area contributed by atoms with Gasteiger partial charge in [-0.3, -0.25) is 4.79 Å². The maximum absolute atomic E-state index is 14.1. The van der Waals surface area contributed by atoms with Gasteiger partial charge in [-0.1, -0.05) is 18.2 Å². The molecule has 3 aromatic rings. The molecular formula is C21H21FN4O. The van der Waals surface area contributed by atoms with Crippen LogP contribution in [0.25, 0.3) is 0 Å². The standard InChI is InChI=1S/C21H21FN4O/c1-25(13-16-12-23-14-24-16)17-9-8-15-5-4-10-26(20(15)11-17)21(27)18-6-2-3-7-19(18)22/h2-3,6-9,11-12,14H,4-5,10,13H2,1H3,(H,23,24). The summed E-state index contributed by atoms with van der Waals surface area (Å²) in [5, 5.41) is 0. The normalized spacial score (nSPS) is 13.3. The number of halogens is 1. The zero-order chi connectivity index (χ0) is 18.8. The van der Waals surface area contributed by atoms with E-state index in [0.717, 1.165) is 35.5 Å². The van der Waals surface area contributed by atoms with Gasteiger partial charge in [0.25, 0.3) is 5.91 Å². The van der Waals surface area contributed by atoms with E-state index < -0.39 is 5.82 Å². The summed E-state index contributed by atoms with van der Waals surface area (Å²) in [5.41, 5.74) is 4.10. The molecule has 0 unspecified atom stereocenters. The number of rotatable bonds is 4. The highest BCUT2D eigenvalue weighted by Gasteiger charge is 2.26. The number of benzene rings is 2. The molecule has 2 heterocycles. The smallest absolute Gasteiger partial charge is 0.261 e. The number of H-pyrrole nitrogens is 1. The summed E-state index contributed by atoms with van der Waals surface area (Å²) < 4.78 is 14.1. The number of hydrogen-bond donors (Lipinski definition) is 1. The van der Waals surface area contributed by atoms with Crippen molar-refractivity contribution in [2.75, 3.05) is 23.4 Å². The molecule has 5 nitrogen and oxygen atoms in total. The van der Waals surface area contributed by atoms with Gasteiger partial charge in [0.2, 0.25) is 0 Å². The molecule has 0 radical (unpaired) electrons. The summed E-state index contributed by atoms with van der Waals surface area (Å²) in [6, 6.07) is 12.3. The molecule has 0 spiro atoms. The monoisotopic (exact) mass is 364 g/mol. The lowest BCUT2D eigenvalue weighted by Crippen LogP contribution is -2.36. The van der Waals surface area contributed by atoms with Crippen LogP contribution in [0.4, 0.5) is 15.8 Å². The van der Waals surface area contributed by atoms with Crippen LogP contribution in [-0.4, -0.2) is 29.5 Å². The maximum atomic E-state index is 14.1. The lowest BCUT2D eigenvalue weighted by atomic mass is 9.99. The molecule has 27 heavy (non-hydrogen) atoms. The highest BCUT2D eigenvalue weighted by molar-refractivity contribution is 6.07. The Bertz CT molecular complexity index is 955. The summed E-state index contributed by atoms with van der Waals surface area (Å²) in [7, 11) is 1.99. The Morgan fingerprint density at radius 1 is 1.30 bits per heavy atom. The second-order valence-electron chi connectivity index (χ2n) is 6.79. The molecule has 0 fully saturated rings. The first kappa shape index (κ1) is 17.3. The minimum atomic E-state index is -0.484. The number of fused-ring (bicyclic) bond motifs is 1. The van der Waals surface area contributed by atoms with E-state index in [1.165, 1.54) is 6.07 Å². The van der Waals surface area contributed by atoms with Crippen molar-refractivity contribution in [3.05, 3.63) is 77.6 Å². The number of hydrogen-bond acceptors (Lipinski definition) is 3. The van der Waals surface area contributed by atoms with Gasteiger partial charge in [0, 0.05) is 31.2 Å². The number of carbonyl (C=O) groups excluding carboxylic acids is 1. The fraction of sp³-hybridized carbons (Fsp3) is 0.238. The molecule has 1 aromatic heterocycles. The van der Waals surface area contributed by atoms with Crippen LogP contribution in [0, 0.1) is 5.82 Å². The first-order valence-electron chi connectivity index (χ1n) is 9.01. The molecule has 0 bridgehead atoms. The topological polar surface area (TPSA) is 52.2 Å². The quantitative estimate of drug-likeness (QED) is 0.767. The summed E-state index contributed by atoms with van der Waals surface area (Å²) in [6.07, 6.45) is 5.24. The number of aromatic nitrogens is 2. The third kappa shape index (κ3) is 3.43. The first-order valence-corrected chi connectivity index (χ1v) is 9.01. The number of imidazole rings is 1. The third-order valence-electron chi connectivity index (χ3n) is 4.94. The molecule has 1 aliphatic heterocycles. The second-order valence-corrected chi connectivity index (χ2v) is 6.79. The Morgan fingerprint density at radius 3 is 2.93 bits per heavy atom. The van der Waals surface area contributed by atoms with E-state index in [1.54, 1.807) is 35.6 Å². The van der Waals surface area contributed by atoms with Crippen LogP contribution in [0.15, 0.2) is 55.0 Å². The number of carbonyl (C=O) groups is 1. The predicted octanol–water partition coefficient (Wildman–Crippen LogP) is 3.78. The van der Waals surface area contributed by atoms with Crippen LogP contribution in [0.1, 0.15) is 28.0 Å². The fourth-order valence-electron chi connectivity index (χ4n) is 3.51. The van der Waals surface area contributed by atoms with Gasteiger partial charge in [0.05, 0.1) is 24.1 Å². The lowest BCUT2D eigenvalue weighted by molar-refractivity contribution is 0.0981. The summed E-state index contributed by atoms with van der Waals surface area (Å²) in [6.45, 7) is 1.27. The summed E-state index contributed by atoms with van der Waals surface area (Å²) in [4.78, 5) is 23.9. The van der Waals surface area contributed by atoms with Gasteiger partial charge in [-0.15, -0.1) is 0 Å². The number of aromatic amines is 1. The third-order valence-corrected chi connectivity index (χ3v) is 4.94. The van der Waals surface area contributed by atoms with Crippen molar-refractivity contribution in [2.45, 2.75) is 19.4 Å². The zero-order valence-electron chi connectivity index (χ0n) is 15.2. The van der Waals surface area contributed by atoms with Crippen molar-refractivity contribution in [2.24, 2.45) is 0 Å². The highest BCUT2D eigenvalue weighted by atomic mass is 19.1. The molecule has 1 N–H and O–H groups in total. The number of nitrogens with one attached hydrogen (secondary N) is 1. The van der Waals surface area contributed by atoms with E-state index in [9.17, 15) is 9.18 Å². The van der Waals surface area contributed by atoms with E-state index in [-0.39, 0.29) is 11.5 Å². The molecule has 4 rings (SSSR count). The van der Waals surface area contributed by atoms with E-state index in [0.29, 0.717) is 13.1 Å². The Balaban J connectivity index is 1.65. The van der Waals surface area contributed by atoms with Crippen LogP contribution in [-0.2, 0) is 13.0 Å². The summed E-state index contributed by atoms with van der Waals surface area (Å²) in [5.74, 6) is -0.774. The van der Waals surface area contributed by atoms with E-state index in [4.69, 9.17) is 0 Å². The van der Waals surface area contributed by atoms with Gasteiger partial charge >= 0.3 is 0 Å². The largest absolute Gasteiger partial charge is 0.369 e. The van der Waals surface area contributed by atoms with Gasteiger partial charge in [-0.05, 0) is 42.7 Å². The molecule has 0 atom stereocenters. The number of nitrogens with zero attached hydrogens (tertiary/aromatic N) is 3. The Morgan fingerprint density at radius 2 is 2.15 bits per heavy atom. The van der Waals surface area contributed by atoms with Crippen molar-refractivity contribution >= 4 is 17.3 Å².